The Morgan fingerprint density at radius 1 is 1.26 bits per heavy atom. The molecular weight excluding hydrogens is 277 g/mol. The minimum atomic E-state index is -5.49. The first-order valence-corrected chi connectivity index (χ1v) is 5.20. The van der Waals surface area contributed by atoms with Gasteiger partial charge in [0.1, 0.15) is 6.61 Å². The van der Waals surface area contributed by atoms with Gasteiger partial charge in [-0.3, -0.25) is 4.79 Å². The second-order valence-corrected chi connectivity index (χ2v) is 3.94. The summed E-state index contributed by atoms with van der Waals surface area (Å²) in [6.45, 7) is -1.57. The quantitative estimate of drug-likeness (QED) is 0.452. The van der Waals surface area contributed by atoms with Gasteiger partial charge in [0.25, 0.3) is 0 Å². The van der Waals surface area contributed by atoms with E-state index >= 15 is 0 Å². The monoisotopic (exact) mass is 287 g/mol. The van der Waals surface area contributed by atoms with E-state index in [9.17, 15) is 31.5 Å². The molecule has 0 N–H and O–H groups in total. The number of alkyl halides is 3. The van der Waals surface area contributed by atoms with Gasteiger partial charge in [-0.2, -0.15) is 17.6 Å². The maximum Gasteiger partial charge on any atom is 0.445 e. The summed E-state index contributed by atoms with van der Waals surface area (Å²) in [7, 11) is 1.31. The van der Waals surface area contributed by atoms with Gasteiger partial charge in [-0.1, -0.05) is 0 Å². The summed E-state index contributed by atoms with van der Waals surface area (Å²) in [5.74, 6) is -7.91. The first-order valence-electron chi connectivity index (χ1n) is 5.20. The minimum absolute atomic E-state index is 0.118. The van der Waals surface area contributed by atoms with Crippen LogP contribution in [0.1, 0.15) is 12.8 Å². The molecule has 0 bridgehead atoms. The second-order valence-electron chi connectivity index (χ2n) is 3.94. The minimum Gasteiger partial charge on any atom is -0.451 e. The molecule has 4 nitrogen and oxygen atoms in total. The van der Waals surface area contributed by atoms with Crippen molar-refractivity contribution in [3.05, 3.63) is 11.7 Å². The molecule has 0 unspecified atom stereocenters. The van der Waals surface area contributed by atoms with Gasteiger partial charge in [0.15, 0.2) is 5.83 Å². The third-order valence-electron chi connectivity index (χ3n) is 2.41. The summed E-state index contributed by atoms with van der Waals surface area (Å²) in [5.41, 5.74) is 0. The van der Waals surface area contributed by atoms with Crippen molar-refractivity contribution in [1.82, 2.24) is 4.90 Å². The third kappa shape index (κ3) is 4.18. The van der Waals surface area contributed by atoms with Crippen LogP contribution in [0.3, 0.4) is 0 Å². The zero-order valence-electron chi connectivity index (χ0n) is 9.76. The van der Waals surface area contributed by atoms with E-state index in [2.05, 4.69) is 4.74 Å². The Hall–Kier alpha value is -1.67. The highest BCUT2D eigenvalue weighted by atomic mass is 19.4. The van der Waals surface area contributed by atoms with E-state index in [-0.39, 0.29) is 6.04 Å². The zero-order chi connectivity index (χ0) is 14.8. The molecule has 1 amide bonds. The van der Waals surface area contributed by atoms with E-state index in [0.29, 0.717) is 12.8 Å². The van der Waals surface area contributed by atoms with Crippen LogP contribution >= 0.6 is 0 Å². The predicted molar refractivity (Wildman–Crippen MR) is 52.0 cm³/mol. The van der Waals surface area contributed by atoms with Gasteiger partial charge in [0.2, 0.25) is 5.83 Å². The van der Waals surface area contributed by atoms with Crippen molar-refractivity contribution in [2.45, 2.75) is 25.1 Å². The molecule has 0 aromatic rings. The van der Waals surface area contributed by atoms with Crippen LogP contribution in [0, 0.1) is 0 Å². The van der Waals surface area contributed by atoms with E-state index < -0.39 is 36.3 Å². The van der Waals surface area contributed by atoms with Crippen LogP contribution in [0.2, 0.25) is 0 Å². The highest BCUT2D eigenvalue weighted by Crippen LogP contribution is 2.30. The van der Waals surface area contributed by atoms with Crippen molar-refractivity contribution in [3.8, 4) is 0 Å². The molecule has 0 aromatic carbocycles. The van der Waals surface area contributed by atoms with Gasteiger partial charge < -0.3 is 9.64 Å². The van der Waals surface area contributed by atoms with Crippen molar-refractivity contribution in [1.29, 1.82) is 0 Å². The lowest BCUT2D eigenvalue weighted by atomic mass is 10.4. The summed E-state index contributed by atoms with van der Waals surface area (Å²) in [6.07, 6.45) is -4.09. The number of allylic oxidation sites excluding steroid dienone is 1. The van der Waals surface area contributed by atoms with E-state index in [4.69, 9.17) is 0 Å². The number of esters is 1. The highest BCUT2D eigenvalue weighted by Gasteiger charge is 2.39. The lowest BCUT2D eigenvalue weighted by Gasteiger charge is -2.14. The number of rotatable bonds is 3. The van der Waals surface area contributed by atoms with Crippen LogP contribution < -0.4 is 0 Å². The molecule has 0 saturated heterocycles. The molecule has 1 aliphatic carbocycles. The molecule has 108 valence electrons. The fraction of sp³-hybridized carbons (Fsp3) is 0.600. The van der Waals surface area contributed by atoms with Gasteiger partial charge in [-0.15, -0.1) is 0 Å². The van der Waals surface area contributed by atoms with Gasteiger partial charge >= 0.3 is 18.1 Å². The number of likely N-dealkylation sites (N-methyl/N-ethyl adjacent to an activating group) is 1. The topological polar surface area (TPSA) is 46.6 Å². The van der Waals surface area contributed by atoms with Crippen molar-refractivity contribution in [2.75, 3.05) is 13.7 Å². The van der Waals surface area contributed by atoms with Gasteiger partial charge in [-0.05, 0) is 12.8 Å². The maximum atomic E-state index is 12.7. The Balaban J connectivity index is 2.52. The molecule has 1 saturated carbocycles. The molecule has 0 aliphatic heterocycles. The normalized spacial score (nSPS) is 16.7. The number of hydrogen-bond acceptors (Lipinski definition) is 3. The molecular formula is C10H10F5NO3. The van der Waals surface area contributed by atoms with E-state index in [1.54, 1.807) is 0 Å². The Kier molecular flexibility index (Phi) is 4.48. The Labute approximate surface area is 104 Å². The number of carbonyl (C=O) groups is 2. The average molecular weight is 287 g/mol. The zero-order valence-corrected chi connectivity index (χ0v) is 9.76. The van der Waals surface area contributed by atoms with Crippen LogP contribution in [0.4, 0.5) is 22.0 Å². The van der Waals surface area contributed by atoms with Gasteiger partial charge in [0.05, 0.1) is 0 Å². The lowest BCUT2D eigenvalue weighted by Crippen LogP contribution is -2.36. The van der Waals surface area contributed by atoms with Crippen LogP contribution in [0.5, 0.6) is 0 Å². The summed E-state index contributed by atoms with van der Waals surface area (Å²) in [6, 6.07) is -0.118. The molecule has 0 aromatic heterocycles. The van der Waals surface area contributed by atoms with Crippen molar-refractivity contribution in [2.24, 2.45) is 0 Å². The van der Waals surface area contributed by atoms with E-state index in [1.807, 2.05) is 0 Å². The molecule has 1 fully saturated rings. The van der Waals surface area contributed by atoms with Crippen molar-refractivity contribution >= 4 is 11.9 Å². The van der Waals surface area contributed by atoms with Crippen LogP contribution in [0.15, 0.2) is 11.7 Å². The highest BCUT2D eigenvalue weighted by molar-refractivity contribution is 6.32. The standard InChI is InChI=1S/C10H10F5NO3/c1-16(5-2-3-5)8(17)9(18)19-4-6(11)7(12)10(13,14)15/h5H,2-4H2,1H3/b7-6+. The molecule has 0 heterocycles. The first kappa shape index (κ1) is 15.4. The molecule has 19 heavy (non-hydrogen) atoms. The van der Waals surface area contributed by atoms with Crippen molar-refractivity contribution in [3.63, 3.8) is 0 Å². The lowest BCUT2D eigenvalue weighted by molar-refractivity contribution is -0.159. The molecule has 0 radical (unpaired) electrons. The number of amides is 1. The summed E-state index contributed by atoms with van der Waals surface area (Å²) in [4.78, 5) is 23.4. The fourth-order valence-electron chi connectivity index (χ4n) is 1.18. The molecule has 9 heteroatoms. The molecule has 1 rings (SSSR count). The first-order chi connectivity index (χ1) is 8.64. The maximum absolute atomic E-state index is 12.7. The second kappa shape index (κ2) is 5.54. The smallest absolute Gasteiger partial charge is 0.445 e. The van der Waals surface area contributed by atoms with Crippen LogP contribution in [-0.2, 0) is 14.3 Å². The summed E-state index contributed by atoms with van der Waals surface area (Å²) in [5, 5.41) is 0. The number of hydrogen-bond donors (Lipinski definition) is 0. The largest absolute Gasteiger partial charge is 0.451 e. The van der Waals surface area contributed by atoms with E-state index in [1.165, 1.54) is 7.05 Å². The third-order valence-corrected chi connectivity index (χ3v) is 2.41. The van der Waals surface area contributed by atoms with Gasteiger partial charge in [-0.25, -0.2) is 9.18 Å². The molecule has 0 atom stereocenters. The number of nitrogens with zero attached hydrogens (tertiary/aromatic N) is 1. The van der Waals surface area contributed by atoms with E-state index in [0.717, 1.165) is 4.90 Å². The van der Waals surface area contributed by atoms with Crippen LogP contribution in [0.25, 0.3) is 0 Å². The predicted octanol–water partition coefficient (Wildman–Crippen LogP) is 1.86. The average Bonchev–Trinajstić information content (AvgIpc) is 3.15. The SMILES string of the molecule is CN(C(=O)C(=O)OC/C(F)=C(\F)C(F)(F)F)C1CC1. The van der Waals surface area contributed by atoms with Crippen LogP contribution in [-0.4, -0.2) is 42.6 Å². The number of ether oxygens (including phenoxy) is 1. The Morgan fingerprint density at radius 2 is 1.79 bits per heavy atom. The number of halogens is 5. The van der Waals surface area contributed by atoms with Gasteiger partial charge in [0, 0.05) is 13.1 Å². The molecule has 1 aliphatic rings. The number of carbonyl (C=O) groups excluding carboxylic acids is 2. The Morgan fingerprint density at radius 3 is 2.21 bits per heavy atom. The summed E-state index contributed by atoms with van der Waals surface area (Å²) >= 11 is 0. The molecule has 0 spiro atoms. The summed E-state index contributed by atoms with van der Waals surface area (Å²) < 4.78 is 64.2. The Bertz CT molecular complexity index is 414. The fourth-order valence-corrected chi connectivity index (χ4v) is 1.18. The van der Waals surface area contributed by atoms with Crippen molar-refractivity contribution < 1.29 is 36.3 Å².